The summed E-state index contributed by atoms with van der Waals surface area (Å²) in [7, 11) is 1.48. The van der Waals surface area contributed by atoms with Crippen LogP contribution in [-0.2, 0) is 24.6 Å². The Bertz CT molecular complexity index is 1110. The predicted octanol–water partition coefficient (Wildman–Crippen LogP) is 4.22. The first-order valence-corrected chi connectivity index (χ1v) is 12.5. The molecule has 0 bridgehead atoms. The number of likely N-dealkylation sites (N-methyl/N-ethyl adjacent to an activating group) is 1. The number of Topliss-reactive ketones (excluding diaryl/α,β-unsaturated/α-hetero) is 1. The second-order valence-corrected chi connectivity index (χ2v) is 10.4. The number of hydrogen-bond acceptors (Lipinski definition) is 4. The molecule has 2 aromatic carbocycles. The predicted molar refractivity (Wildman–Crippen MR) is 134 cm³/mol. The van der Waals surface area contributed by atoms with Gasteiger partial charge < -0.3 is 4.90 Å². The second-order valence-electron chi connectivity index (χ2n) is 10.4. The minimum atomic E-state index is -1.22. The number of rotatable bonds is 7. The molecule has 6 nitrogen and oxygen atoms in total. The van der Waals surface area contributed by atoms with E-state index in [1.54, 1.807) is 4.90 Å². The van der Waals surface area contributed by atoms with Crippen molar-refractivity contribution in [2.75, 3.05) is 20.1 Å². The van der Waals surface area contributed by atoms with Crippen LogP contribution < -0.4 is 0 Å². The molecule has 184 valence electrons. The van der Waals surface area contributed by atoms with Gasteiger partial charge in [0.15, 0.2) is 0 Å². The van der Waals surface area contributed by atoms with Crippen LogP contribution in [-0.4, -0.2) is 53.4 Å². The number of carbonyl (C=O) groups excluding carboxylic acids is 4. The third-order valence-corrected chi connectivity index (χ3v) is 7.38. The third kappa shape index (κ3) is 5.07. The number of benzene rings is 2. The molecule has 35 heavy (non-hydrogen) atoms. The fourth-order valence-corrected chi connectivity index (χ4v) is 5.37. The Morgan fingerprint density at radius 2 is 1.66 bits per heavy atom. The molecule has 0 radical (unpaired) electrons. The van der Waals surface area contributed by atoms with E-state index >= 15 is 0 Å². The summed E-state index contributed by atoms with van der Waals surface area (Å²) in [4.78, 5) is 55.0. The minimum absolute atomic E-state index is 0.0255. The summed E-state index contributed by atoms with van der Waals surface area (Å²) in [6.07, 6.45) is 1.98. The average Bonchev–Trinajstić information content (AvgIpc) is 3.08. The van der Waals surface area contributed by atoms with Gasteiger partial charge >= 0.3 is 0 Å². The number of amides is 3. The van der Waals surface area contributed by atoms with Gasteiger partial charge in [0.05, 0.1) is 5.41 Å². The molecular weight excluding hydrogens is 440 g/mol. The van der Waals surface area contributed by atoms with E-state index in [2.05, 4.69) is 0 Å². The summed E-state index contributed by atoms with van der Waals surface area (Å²) >= 11 is 0. The Balaban J connectivity index is 1.58. The highest BCUT2D eigenvalue weighted by Crippen LogP contribution is 2.41. The molecule has 2 aromatic rings. The normalized spacial score (nSPS) is 22.7. The fraction of sp³-hybridized carbons (Fsp3) is 0.448. The molecule has 6 heteroatoms. The maximum Gasteiger partial charge on any atom is 0.240 e. The van der Waals surface area contributed by atoms with Crippen molar-refractivity contribution in [1.29, 1.82) is 0 Å². The van der Waals surface area contributed by atoms with Crippen LogP contribution in [0.15, 0.2) is 54.6 Å². The Labute approximate surface area is 207 Å². The Kier molecular flexibility index (Phi) is 7.20. The average molecular weight is 475 g/mol. The molecule has 2 fully saturated rings. The van der Waals surface area contributed by atoms with E-state index in [4.69, 9.17) is 0 Å². The highest BCUT2D eigenvalue weighted by Gasteiger charge is 2.53. The van der Waals surface area contributed by atoms with Crippen LogP contribution >= 0.6 is 0 Å². The summed E-state index contributed by atoms with van der Waals surface area (Å²) < 4.78 is 0. The van der Waals surface area contributed by atoms with Gasteiger partial charge in [-0.3, -0.25) is 24.1 Å². The molecular formula is C29H34N2O4. The standard InChI is InChI=1S/C29H34N2O4/c1-20(2)16-25(32)23-10-7-15-31(19-23)27(34)18-29(17-26(33)30(3)28(29)35)24-13-11-22(12-14-24)21-8-5-4-6-9-21/h4-6,8-9,11-14,20,23H,7,10,15-19H2,1-3H3/t23-,29-/m1/s1. The number of likely N-dealkylation sites (tertiary alicyclic amines) is 2. The van der Waals surface area contributed by atoms with Crippen LogP contribution in [0.1, 0.15) is 51.5 Å². The Morgan fingerprint density at radius 1 is 1.00 bits per heavy atom. The zero-order valence-electron chi connectivity index (χ0n) is 20.8. The first-order valence-electron chi connectivity index (χ1n) is 12.5. The maximum absolute atomic E-state index is 13.5. The van der Waals surface area contributed by atoms with Gasteiger partial charge in [0, 0.05) is 45.3 Å². The summed E-state index contributed by atoms with van der Waals surface area (Å²) in [5.41, 5.74) is 1.52. The highest BCUT2D eigenvalue weighted by molar-refractivity contribution is 6.10. The van der Waals surface area contributed by atoms with Gasteiger partial charge in [-0.2, -0.15) is 0 Å². The van der Waals surface area contributed by atoms with Crippen molar-refractivity contribution in [3.8, 4) is 11.1 Å². The van der Waals surface area contributed by atoms with Crippen molar-refractivity contribution in [3.05, 3.63) is 60.2 Å². The van der Waals surface area contributed by atoms with Crippen LogP contribution in [0, 0.1) is 11.8 Å². The Hall–Kier alpha value is -3.28. The lowest BCUT2D eigenvalue weighted by Crippen LogP contribution is -2.46. The monoisotopic (exact) mass is 474 g/mol. The second kappa shape index (κ2) is 10.1. The molecule has 0 unspecified atom stereocenters. The van der Waals surface area contributed by atoms with Gasteiger partial charge in [-0.25, -0.2) is 0 Å². The maximum atomic E-state index is 13.5. The van der Waals surface area contributed by atoms with Crippen LogP contribution in [0.25, 0.3) is 11.1 Å². The van der Waals surface area contributed by atoms with Crippen molar-refractivity contribution >= 4 is 23.5 Å². The summed E-state index contributed by atoms with van der Waals surface area (Å²) in [6, 6.07) is 17.5. The Morgan fingerprint density at radius 3 is 2.26 bits per heavy atom. The fourth-order valence-electron chi connectivity index (χ4n) is 5.37. The zero-order valence-corrected chi connectivity index (χ0v) is 20.8. The first-order chi connectivity index (χ1) is 16.7. The van der Waals surface area contributed by atoms with Gasteiger partial charge in [0.25, 0.3) is 0 Å². The SMILES string of the molecule is CC(C)CC(=O)[C@@H]1CCCN(C(=O)C[C@@]2(c3ccc(-c4ccccc4)cc3)CC(=O)N(C)C2=O)C1. The summed E-state index contributed by atoms with van der Waals surface area (Å²) in [6.45, 7) is 5.02. The zero-order chi connectivity index (χ0) is 25.2. The van der Waals surface area contributed by atoms with E-state index in [-0.39, 0.29) is 48.2 Å². The molecule has 3 amide bonds. The lowest BCUT2D eigenvalue weighted by molar-refractivity contribution is -0.143. The number of piperidine rings is 1. The molecule has 2 aliphatic heterocycles. The first kappa shape index (κ1) is 24.8. The lowest BCUT2D eigenvalue weighted by atomic mass is 9.75. The molecule has 0 aliphatic carbocycles. The van der Waals surface area contributed by atoms with Crippen molar-refractivity contribution in [3.63, 3.8) is 0 Å². The van der Waals surface area contributed by atoms with E-state index in [0.717, 1.165) is 28.9 Å². The topological polar surface area (TPSA) is 74.8 Å². The lowest BCUT2D eigenvalue weighted by Gasteiger charge is -2.35. The van der Waals surface area contributed by atoms with Crippen LogP contribution in [0.5, 0.6) is 0 Å². The molecule has 0 spiro atoms. The largest absolute Gasteiger partial charge is 0.342 e. The summed E-state index contributed by atoms with van der Waals surface area (Å²) in [5, 5.41) is 0. The van der Waals surface area contributed by atoms with Gasteiger partial charge in [-0.05, 0) is 35.4 Å². The van der Waals surface area contributed by atoms with Crippen LogP contribution in [0.3, 0.4) is 0 Å². The number of carbonyl (C=O) groups is 4. The number of hydrogen-bond donors (Lipinski definition) is 0. The molecule has 2 saturated heterocycles. The van der Waals surface area contributed by atoms with Crippen molar-refractivity contribution in [2.45, 2.75) is 51.4 Å². The van der Waals surface area contributed by atoms with Gasteiger partial charge in [-0.15, -0.1) is 0 Å². The van der Waals surface area contributed by atoms with E-state index in [1.165, 1.54) is 7.05 Å². The molecule has 2 atom stereocenters. The van der Waals surface area contributed by atoms with E-state index in [1.807, 2.05) is 68.4 Å². The van der Waals surface area contributed by atoms with Gasteiger partial charge in [0.1, 0.15) is 5.78 Å². The molecule has 2 aliphatic rings. The van der Waals surface area contributed by atoms with Gasteiger partial charge in [0.2, 0.25) is 17.7 Å². The number of imide groups is 1. The van der Waals surface area contributed by atoms with Crippen LogP contribution in [0.2, 0.25) is 0 Å². The summed E-state index contributed by atoms with van der Waals surface area (Å²) in [5.74, 6) is -0.453. The smallest absolute Gasteiger partial charge is 0.240 e. The van der Waals surface area contributed by atoms with Gasteiger partial charge in [-0.1, -0.05) is 68.4 Å². The molecule has 0 N–H and O–H groups in total. The van der Waals surface area contributed by atoms with Crippen molar-refractivity contribution in [1.82, 2.24) is 9.80 Å². The van der Waals surface area contributed by atoms with E-state index in [0.29, 0.717) is 25.1 Å². The molecule has 0 aromatic heterocycles. The van der Waals surface area contributed by atoms with E-state index < -0.39 is 5.41 Å². The van der Waals surface area contributed by atoms with Crippen molar-refractivity contribution < 1.29 is 19.2 Å². The number of nitrogens with zero attached hydrogens (tertiary/aromatic N) is 2. The number of ketones is 1. The minimum Gasteiger partial charge on any atom is -0.342 e. The molecule has 2 heterocycles. The third-order valence-electron chi connectivity index (χ3n) is 7.38. The van der Waals surface area contributed by atoms with Crippen LogP contribution in [0.4, 0.5) is 0 Å². The highest BCUT2D eigenvalue weighted by atomic mass is 16.2. The van der Waals surface area contributed by atoms with E-state index in [9.17, 15) is 19.2 Å². The quantitative estimate of drug-likeness (QED) is 0.563. The molecule has 4 rings (SSSR count). The molecule has 0 saturated carbocycles. The van der Waals surface area contributed by atoms with Crippen molar-refractivity contribution in [2.24, 2.45) is 11.8 Å².